The van der Waals surface area contributed by atoms with Gasteiger partial charge in [0, 0.05) is 6.54 Å². The summed E-state index contributed by atoms with van der Waals surface area (Å²) in [6.45, 7) is 5.38. The Labute approximate surface area is 131 Å². The Bertz CT molecular complexity index is 372. The molecule has 0 aromatic carbocycles. The molecule has 1 aromatic heterocycles. The number of rotatable bonds is 7. The Morgan fingerprint density at radius 3 is 2.63 bits per heavy atom. The first-order chi connectivity index (χ1) is 8.19. The van der Waals surface area contributed by atoms with Gasteiger partial charge in [-0.25, -0.2) is 4.98 Å². The summed E-state index contributed by atoms with van der Waals surface area (Å²) < 4.78 is 0. The van der Waals surface area contributed by atoms with Crippen LogP contribution in [0.1, 0.15) is 46.6 Å². The average Bonchev–Trinajstić information content (AvgIpc) is 2.66. The Hall–Kier alpha value is -0.360. The van der Waals surface area contributed by atoms with E-state index in [1.807, 2.05) is 6.92 Å². The topological polar surface area (TPSA) is 68.0 Å². The number of nitrogens with two attached hydrogens (primary N) is 1. The fraction of sp³-hybridized carbons (Fsp3) is 0.667. The molecule has 112 valence electrons. The van der Waals surface area contributed by atoms with Crippen LogP contribution in [0.25, 0.3) is 0 Å². The van der Waals surface area contributed by atoms with Crippen LogP contribution >= 0.6 is 36.2 Å². The van der Waals surface area contributed by atoms with Crippen LogP contribution in [0, 0.1) is 6.92 Å². The van der Waals surface area contributed by atoms with Crippen molar-refractivity contribution in [3.8, 4) is 0 Å². The minimum atomic E-state index is -0.000579. The highest BCUT2D eigenvalue weighted by molar-refractivity contribution is 7.13. The molecule has 0 aliphatic rings. The predicted octanol–water partition coefficient (Wildman–Crippen LogP) is 2.72. The van der Waals surface area contributed by atoms with Gasteiger partial charge in [0.15, 0.2) is 0 Å². The van der Waals surface area contributed by atoms with Crippen LogP contribution in [-0.4, -0.2) is 24.0 Å². The molecule has 0 fully saturated rings. The molecule has 7 heteroatoms. The van der Waals surface area contributed by atoms with Crippen LogP contribution in [0.2, 0.25) is 0 Å². The van der Waals surface area contributed by atoms with Gasteiger partial charge in [-0.15, -0.1) is 36.2 Å². The van der Waals surface area contributed by atoms with E-state index in [1.54, 1.807) is 0 Å². The average molecular weight is 328 g/mol. The van der Waals surface area contributed by atoms with Gasteiger partial charge in [0.05, 0.1) is 10.7 Å². The maximum absolute atomic E-state index is 11.9. The molecule has 1 rings (SSSR count). The zero-order valence-corrected chi connectivity index (χ0v) is 13.8. The normalized spacial score (nSPS) is 9.42. The molecule has 1 heterocycles. The van der Waals surface area contributed by atoms with E-state index in [4.69, 9.17) is 5.73 Å². The van der Waals surface area contributed by atoms with Crippen LogP contribution in [0.3, 0.4) is 0 Å². The van der Waals surface area contributed by atoms with E-state index in [9.17, 15) is 4.79 Å². The maximum Gasteiger partial charge on any atom is 0.263 e. The lowest BCUT2D eigenvalue weighted by atomic mass is 10.3. The number of hydrogen-bond donors (Lipinski definition) is 2. The van der Waals surface area contributed by atoms with Crippen molar-refractivity contribution in [2.24, 2.45) is 5.73 Å². The summed E-state index contributed by atoms with van der Waals surface area (Å²) in [6.07, 6.45) is 3.89. The van der Waals surface area contributed by atoms with E-state index in [0.29, 0.717) is 13.1 Å². The molecule has 0 aliphatic carbocycles. The number of halogens is 2. The Morgan fingerprint density at radius 2 is 2.05 bits per heavy atom. The number of amides is 1. The summed E-state index contributed by atoms with van der Waals surface area (Å²) in [7, 11) is 0. The number of unbranched alkanes of at least 4 members (excludes halogenated alkanes) is 1. The van der Waals surface area contributed by atoms with Crippen LogP contribution < -0.4 is 11.1 Å². The van der Waals surface area contributed by atoms with Gasteiger partial charge in [-0.1, -0.05) is 6.92 Å². The fourth-order valence-electron chi connectivity index (χ4n) is 1.54. The molecule has 0 spiro atoms. The molecule has 3 N–H and O–H groups in total. The molecule has 0 aliphatic heterocycles. The van der Waals surface area contributed by atoms with E-state index < -0.39 is 0 Å². The largest absolute Gasteiger partial charge is 0.351 e. The second kappa shape index (κ2) is 11.5. The molecule has 1 amide bonds. The molecular formula is C12H23Cl2N3OS. The van der Waals surface area contributed by atoms with Gasteiger partial charge in [-0.2, -0.15) is 0 Å². The van der Waals surface area contributed by atoms with Crippen molar-refractivity contribution < 1.29 is 4.79 Å². The monoisotopic (exact) mass is 327 g/mol. The van der Waals surface area contributed by atoms with Crippen LogP contribution in [0.5, 0.6) is 0 Å². The lowest BCUT2D eigenvalue weighted by Crippen LogP contribution is -2.24. The molecule has 0 saturated carbocycles. The molecule has 4 nitrogen and oxygen atoms in total. The second-order valence-corrected chi connectivity index (χ2v) is 5.11. The lowest BCUT2D eigenvalue weighted by Gasteiger charge is -2.02. The summed E-state index contributed by atoms with van der Waals surface area (Å²) in [5, 5.41) is 3.96. The molecule has 1 aromatic rings. The summed E-state index contributed by atoms with van der Waals surface area (Å²) in [5.74, 6) is -0.000579. The van der Waals surface area contributed by atoms with E-state index in [2.05, 4.69) is 17.2 Å². The Morgan fingerprint density at radius 1 is 1.37 bits per heavy atom. The third-order valence-corrected chi connectivity index (χ3v) is 3.64. The fourth-order valence-corrected chi connectivity index (χ4v) is 2.62. The quantitative estimate of drug-likeness (QED) is 0.756. The number of aryl methyl sites for hydroxylation is 2. The number of carbonyl (C=O) groups is 1. The molecule has 0 radical (unpaired) electrons. The van der Waals surface area contributed by atoms with Crippen molar-refractivity contribution in [1.82, 2.24) is 10.3 Å². The molecule has 0 bridgehead atoms. The molecule has 0 unspecified atom stereocenters. The standard InChI is InChI=1S/C12H21N3OS.2ClH/c1-3-6-10-15-9(2)11(17-10)12(16)14-8-5-4-7-13;;/h3-8,13H2,1-2H3,(H,14,16);2*1H. The summed E-state index contributed by atoms with van der Waals surface area (Å²) in [5.41, 5.74) is 6.24. The van der Waals surface area contributed by atoms with Gasteiger partial charge in [0.1, 0.15) is 4.88 Å². The van der Waals surface area contributed by atoms with Crippen molar-refractivity contribution in [3.63, 3.8) is 0 Å². The number of nitrogens with zero attached hydrogens (tertiary/aromatic N) is 1. The highest BCUT2D eigenvalue weighted by Crippen LogP contribution is 2.19. The zero-order chi connectivity index (χ0) is 12.7. The van der Waals surface area contributed by atoms with Gasteiger partial charge >= 0.3 is 0 Å². The van der Waals surface area contributed by atoms with E-state index in [0.717, 1.165) is 41.3 Å². The van der Waals surface area contributed by atoms with Gasteiger partial charge < -0.3 is 11.1 Å². The Balaban J connectivity index is 0. The number of hydrogen-bond acceptors (Lipinski definition) is 4. The summed E-state index contributed by atoms with van der Waals surface area (Å²) >= 11 is 1.51. The molecule has 0 saturated heterocycles. The zero-order valence-electron chi connectivity index (χ0n) is 11.4. The van der Waals surface area contributed by atoms with Crippen LogP contribution in [0.4, 0.5) is 0 Å². The highest BCUT2D eigenvalue weighted by Gasteiger charge is 2.14. The highest BCUT2D eigenvalue weighted by atomic mass is 35.5. The number of nitrogens with one attached hydrogen (secondary N) is 1. The Kier molecular flexibility index (Phi) is 12.6. The maximum atomic E-state index is 11.9. The first-order valence-corrected chi connectivity index (χ1v) is 6.95. The third-order valence-electron chi connectivity index (χ3n) is 2.43. The predicted molar refractivity (Wildman–Crippen MR) is 86.0 cm³/mol. The van der Waals surface area contributed by atoms with Crippen molar-refractivity contribution in [2.45, 2.75) is 39.5 Å². The number of thiazole rings is 1. The lowest BCUT2D eigenvalue weighted by molar-refractivity contribution is 0.0956. The minimum absolute atomic E-state index is 0. The molecule has 0 atom stereocenters. The van der Waals surface area contributed by atoms with Crippen molar-refractivity contribution in [2.75, 3.05) is 13.1 Å². The first-order valence-electron chi connectivity index (χ1n) is 6.13. The van der Waals surface area contributed by atoms with Crippen LogP contribution in [-0.2, 0) is 6.42 Å². The second-order valence-electron chi connectivity index (χ2n) is 4.02. The van der Waals surface area contributed by atoms with Gasteiger partial charge in [-0.3, -0.25) is 4.79 Å². The van der Waals surface area contributed by atoms with Gasteiger partial charge in [0.25, 0.3) is 5.91 Å². The SMILES string of the molecule is CCCc1nc(C)c(C(=O)NCCCCN)s1.Cl.Cl. The van der Waals surface area contributed by atoms with Gasteiger partial charge in [-0.05, 0) is 39.2 Å². The molecule has 19 heavy (non-hydrogen) atoms. The van der Waals surface area contributed by atoms with Gasteiger partial charge in [0.2, 0.25) is 0 Å². The number of carbonyl (C=O) groups excluding carboxylic acids is 1. The van der Waals surface area contributed by atoms with Crippen LogP contribution in [0.15, 0.2) is 0 Å². The van der Waals surface area contributed by atoms with E-state index in [-0.39, 0.29) is 30.7 Å². The van der Waals surface area contributed by atoms with E-state index >= 15 is 0 Å². The van der Waals surface area contributed by atoms with E-state index in [1.165, 1.54) is 11.3 Å². The first kappa shape index (κ1) is 20.9. The summed E-state index contributed by atoms with van der Waals surface area (Å²) in [6, 6.07) is 0. The smallest absolute Gasteiger partial charge is 0.263 e. The van der Waals surface area contributed by atoms with Crippen molar-refractivity contribution in [1.29, 1.82) is 0 Å². The third kappa shape index (κ3) is 7.11. The summed E-state index contributed by atoms with van der Waals surface area (Å²) in [4.78, 5) is 17.0. The van der Waals surface area contributed by atoms with Crippen molar-refractivity contribution >= 4 is 42.1 Å². The minimum Gasteiger partial charge on any atom is -0.351 e. The number of aromatic nitrogens is 1. The van der Waals surface area contributed by atoms with Crippen molar-refractivity contribution in [3.05, 3.63) is 15.6 Å². The molecular weight excluding hydrogens is 305 g/mol.